The lowest BCUT2D eigenvalue weighted by Crippen LogP contribution is -2.12. The van der Waals surface area contributed by atoms with Crippen molar-refractivity contribution in [3.05, 3.63) is 47.0 Å². The van der Waals surface area contributed by atoms with Crippen LogP contribution < -0.4 is 5.32 Å². The first-order valence-corrected chi connectivity index (χ1v) is 4.74. The molecule has 0 saturated heterocycles. The lowest BCUT2D eigenvalue weighted by Gasteiger charge is -2.01. The fourth-order valence-electron chi connectivity index (χ4n) is 1.03. The number of hydrogen-bond donors (Lipinski definition) is 1. The van der Waals surface area contributed by atoms with E-state index in [4.69, 9.17) is 11.6 Å². The first-order chi connectivity index (χ1) is 6.29. The van der Waals surface area contributed by atoms with Gasteiger partial charge in [0.2, 0.25) is 0 Å². The van der Waals surface area contributed by atoms with Crippen LogP contribution in [0.15, 0.2) is 41.4 Å². The third-order valence-corrected chi connectivity index (χ3v) is 1.85. The molecule has 0 aliphatic rings. The Kier molecular flexibility index (Phi) is 7.58. The highest BCUT2D eigenvalue weighted by Gasteiger charge is 1.88. The van der Waals surface area contributed by atoms with E-state index in [1.165, 1.54) is 5.56 Å². The van der Waals surface area contributed by atoms with Crippen molar-refractivity contribution >= 4 is 24.0 Å². The molecule has 0 fully saturated rings. The molecule has 1 nitrogen and oxygen atoms in total. The molecule has 3 heteroatoms. The van der Waals surface area contributed by atoms with Crippen LogP contribution in [0.5, 0.6) is 0 Å². The van der Waals surface area contributed by atoms with Crippen molar-refractivity contribution < 1.29 is 0 Å². The van der Waals surface area contributed by atoms with E-state index < -0.39 is 0 Å². The zero-order chi connectivity index (χ0) is 9.52. The van der Waals surface area contributed by atoms with Gasteiger partial charge in [0.15, 0.2) is 0 Å². The van der Waals surface area contributed by atoms with Crippen LogP contribution in [0.3, 0.4) is 0 Å². The second-order valence-electron chi connectivity index (χ2n) is 2.91. The average molecular weight is 232 g/mol. The summed E-state index contributed by atoms with van der Waals surface area (Å²) in [6, 6.07) is 10.3. The SMILES string of the molecule is CC(Cl)=CCNCc1ccccc1.Cl. The molecule has 1 aromatic rings. The summed E-state index contributed by atoms with van der Waals surface area (Å²) in [7, 11) is 0. The van der Waals surface area contributed by atoms with Gasteiger partial charge in [-0.1, -0.05) is 48.0 Å². The van der Waals surface area contributed by atoms with Crippen LogP contribution in [0.1, 0.15) is 12.5 Å². The summed E-state index contributed by atoms with van der Waals surface area (Å²) >= 11 is 5.68. The molecule has 1 N–H and O–H groups in total. The number of benzene rings is 1. The number of nitrogens with one attached hydrogen (secondary N) is 1. The van der Waals surface area contributed by atoms with Gasteiger partial charge in [0.25, 0.3) is 0 Å². The minimum Gasteiger partial charge on any atom is -0.309 e. The molecule has 0 saturated carbocycles. The Morgan fingerprint density at radius 1 is 1.36 bits per heavy atom. The molecule has 0 aliphatic carbocycles. The minimum atomic E-state index is 0. The Morgan fingerprint density at radius 3 is 2.57 bits per heavy atom. The van der Waals surface area contributed by atoms with Crippen molar-refractivity contribution in [2.45, 2.75) is 13.5 Å². The van der Waals surface area contributed by atoms with Gasteiger partial charge in [0.05, 0.1) is 0 Å². The molecule has 0 aromatic heterocycles. The van der Waals surface area contributed by atoms with Gasteiger partial charge in [-0.15, -0.1) is 12.4 Å². The topological polar surface area (TPSA) is 12.0 Å². The Morgan fingerprint density at radius 2 is 2.00 bits per heavy atom. The highest BCUT2D eigenvalue weighted by atomic mass is 35.5. The van der Waals surface area contributed by atoms with Crippen LogP contribution in [0.25, 0.3) is 0 Å². The molecule has 0 amide bonds. The van der Waals surface area contributed by atoms with E-state index in [2.05, 4.69) is 17.4 Å². The second-order valence-corrected chi connectivity index (χ2v) is 3.50. The fourth-order valence-corrected chi connectivity index (χ4v) is 1.10. The lowest BCUT2D eigenvalue weighted by molar-refractivity contribution is 0.759. The van der Waals surface area contributed by atoms with Crippen molar-refractivity contribution in [3.63, 3.8) is 0 Å². The van der Waals surface area contributed by atoms with Crippen LogP contribution in [-0.4, -0.2) is 6.54 Å². The largest absolute Gasteiger partial charge is 0.309 e. The maximum absolute atomic E-state index is 5.68. The standard InChI is InChI=1S/C11H14ClN.ClH/c1-10(12)7-8-13-9-11-5-3-2-4-6-11;/h2-7,13H,8-9H2,1H3;1H. The van der Waals surface area contributed by atoms with E-state index in [0.717, 1.165) is 18.1 Å². The van der Waals surface area contributed by atoms with Gasteiger partial charge in [-0.3, -0.25) is 0 Å². The summed E-state index contributed by atoms with van der Waals surface area (Å²) in [5.74, 6) is 0. The summed E-state index contributed by atoms with van der Waals surface area (Å²) in [6.45, 7) is 3.59. The monoisotopic (exact) mass is 231 g/mol. The first-order valence-electron chi connectivity index (χ1n) is 4.36. The van der Waals surface area contributed by atoms with Gasteiger partial charge in [0.1, 0.15) is 0 Å². The minimum absolute atomic E-state index is 0. The van der Waals surface area contributed by atoms with Crippen LogP contribution in [0, 0.1) is 0 Å². The summed E-state index contributed by atoms with van der Waals surface area (Å²) in [4.78, 5) is 0. The Labute approximate surface area is 96.6 Å². The van der Waals surface area contributed by atoms with Gasteiger partial charge in [-0.2, -0.15) is 0 Å². The maximum atomic E-state index is 5.68. The van der Waals surface area contributed by atoms with Gasteiger partial charge in [-0.05, 0) is 12.5 Å². The second kappa shape index (κ2) is 7.86. The van der Waals surface area contributed by atoms with E-state index in [9.17, 15) is 0 Å². The van der Waals surface area contributed by atoms with E-state index >= 15 is 0 Å². The quantitative estimate of drug-likeness (QED) is 0.785. The summed E-state index contributed by atoms with van der Waals surface area (Å²) in [5.41, 5.74) is 1.29. The smallest absolute Gasteiger partial charge is 0.0208 e. The number of allylic oxidation sites excluding steroid dienone is 1. The molecule has 0 heterocycles. The zero-order valence-corrected chi connectivity index (χ0v) is 9.74. The van der Waals surface area contributed by atoms with E-state index in [1.54, 1.807) is 0 Å². The number of hydrogen-bond acceptors (Lipinski definition) is 1. The molecule has 78 valence electrons. The van der Waals surface area contributed by atoms with Crippen LogP contribution in [0.4, 0.5) is 0 Å². The van der Waals surface area contributed by atoms with Crippen molar-refractivity contribution in [2.24, 2.45) is 0 Å². The average Bonchev–Trinajstić information content (AvgIpc) is 2.14. The first kappa shape index (κ1) is 13.5. The highest BCUT2D eigenvalue weighted by molar-refractivity contribution is 6.29. The van der Waals surface area contributed by atoms with Gasteiger partial charge in [-0.25, -0.2) is 0 Å². The van der Waals surface area contributed by atoms with E-state index in [-0.39, 0.29) is 12.4 Å². The van der Waals surface area contributed by atoms with Crippen molar-refractivity contribution in [2.75, 3.05) is 6.54 Å². The van der Waals surface area contributed by atoms with Gasteiger partial charge < -0.3 is 5.32 Å². The maximum Gasteiger partial charge on any atom is 0.0208 e. The summed E-state index contributed by atoms with van der Waals surface area (Å²) < 4.78 is 0. The van der Waals surface area contributed by atoms with Crippen LogP contribution in [-0.2, 0) is 6.54 Å². The molecular weight excluding hydrogens is 217 g/mol. The number of halogens is 2. The van der Waals surface area contributed by atoms with Crippen molar-refractivity contribution in [1.82, 2.24) is 5.32 Å². The molecule has 0 bridgehead atoms. The fraction of sp³-hybridized carbons (Fsp3) is 0.273. The Bertz CT molecular complexity index is 266. The molecule has 0 aliphatic heterocycles. The van der Waals surface area contributed by atoms with Crippen molar-refractivity contribution in [3.8, 4) is 0 Å². The normalized spacial score (nSPS) is 10.9. The predicted octanol–water partition coefficient (Wildman–Crippen LogP) is 3.34. The molecule has 0 radical (unpaired) electrons. The molecule has 1 aromatic carbocycles. The zero-order valence-electron chi connectivity index (χ0n) is 8.16. The third-order valence-electron chi connectivity index (χ3n) is 1.70. The highest BCUT2D eigenvalue weighted by Crippen LogP contribution is 1.98. The lowest BCUT2D eigenvalue weighted by atomic mass is 10.2. The molecule has 14 heavy (non-hydrogen) atoms. The molecule has 1 rings (SSSR count). The third kappa shape index (κ3) is 6.03. The Balaban J connectivity index is 0.00000169. The van der Waals surface area contributed by atoms with E-state index in [0.29, 0.717) is 0 Å². The number of rotatable bonds is 4. The van der Waals surface area contributed by atoms with Gasteiger partial charge in [0, 0.05) is 18.1 Å². The summed E-state index contributed by atoms with van der Waals surface area (Å²) in [6.07, 6.45) is 1.96. The van der Waals surface area contributed by atoms with Crippen LogP contribution in [0.2, 0.25) is 0 Å². The Hall–Kier alpha value is -0.500. The van der Waals surface area contributed by atoms with Crippen molar-refractivity contribution in [1.29, 1.82) is 0 Å². The van der Waals surface area contributed by atoms with Crippen LogP contribution >= 0.6 is 24.0 Å². The molecular formula is C11H15Cl2N. The van der Waals surface area contributed by atoms with E-state index in [1.807, 2.05) is 31.2 Å². The summed E-state index contributed by atoms with van der Waals surface area (Å²) in [5, 5.41) is 4.11. The molecule has 0 atom stereocenters. The van der Waals surface area contributed by atoms with Gasteiger partial charge >= 0.3 is 0 Å². The molecule has 0 unspecified atom stereocenters. The molecule has 0 spiro atoms. The predicted molar refractivity (Wildman–Crippen MR) is 65.0 cm³/mol.